The number of rotatable bonds is 7. The fraction of sp³-hybridized carbons (Fsp3) is 0.318. The van der Waals surface area contributed by atoms with Gasteiger partial charge < -0.3 is 14.2 Å². The molecule has 4 aromatic rings. The molecule has 0 saturated carbocycles. The lowest BCUT2D eigenvalue weighted by molar-refractivity contribution is 0.181. The third-order valence-electron chi connectivity index (χ3n) is 5.08. The SMILES string of the molecule is COCc1nn2c(ncc3c(=O)n(CCCN(C)C)ccc32)c1-c1ccc(Cl)cc1. The molecule has 0 saturated heterocycles. The van der Waals surface area contributed by atoms with Crippen LogP contribution >= 0.6 is 11.6 Å². The van der Waals surface area contributed by atoms with Crippen LogP contribution in [0, 0.1) is 0 Å². The number of benzene rings is 1. The van der Waals surface area contributed by atoms with E-state index in [4.69, 9.17) is 21.4 Å². The molecular formula is C22H24ClN5O2. The highest BCUT2D eigenvalue weighted by Crippen LogP contribution is 2.30. The summed E-state index contributed by atoms with van der Waals surface area (Å²) < 4.78 is 8.83. The summed E-state index contributed by atoms with van der Waals surface area (Å²) in [5.74, 6) is 0. The van der Waals surface area contributed by atoms with E-state index in [1.54, 1.807) is 22.4 Å². The van der Waals surface area contributed by atoms with E-state index in [0.29, 0.717) is 29.2 Å². The molecule has 0 atom stereocenters. The summed E-state index contributed by atoms with van der Waals surface area (Å²) in [7, 11) is 5.68. The Morgan fingerprint density at radius 2 is 1.93 bits per heavy atom. The fourth-order valence-electron chi connectivity index (χ4n) is 3.64. The first kappa shape index (κ1) is 20.5. The molecule has 8 heteroatoms. The minimum atomic E-state index is -0.0579. The van der Waals surface area contributed by atoms with Gasteiger partial charge in [-0.1, -0.05) is 23.7 Å². The second-order valence-corrected chi connectivity index (χ2v) is 7.96. The van der Waals surface area contributed by atoms with E-state index in [0.717, 1.165) is 35.3 Å². The van der Waals surface area contributed by atoms with E-state index in [9.17, 15) is 4.79 Å². The van der Waals surface area contributed by atoms with Gasteiger partial charge in [0.05, 0.1) is 28.8 Å². The molecule has 0 aliphatic heterocycles. The van der Waals surface area contributed by atoms with Crippen LogP contribution in [0.3, 0.4) is 0 Å². The maximum absolute atomic E-state index is 13.0. The monoisotopic (exact) mass is 425 g/mol. The molecule has 0 fully saturated rings. The minimum absolute atomic E-state index is 0.0579. The van der Waals surface area contributed by atoms with Crippen molar-refractivity contribution in [1.29, 1.82) is 0 Å². The molecular weight excluding hydrogens is 402 g/mol. The second kappa shape index (κ2) is 8.55. The Hall–Kier alpha value is -2.74. The van der Waals surface area contributed by atoms with E-state index in [2.05, 4.69) is 9.88 Å². The smallest absolute Gasteiger partial charge is 0.261 e. The van der Waals surface area contributed by atoms with Crippen LogP contribution in [0.2, 0.25) is 5.02 Å². The summed E-state index contributed by atoms with van der Waals surface area (Å²) in [6, 6.07) is 9.48. The molecule has 3 aromatic heterocycles. The van der Waals surface area contributed by atoms with Gasteiger partial charge in [-0.2, -0.15) is 5.10 Å². The highest BCUT2D eigenvalue weighted by molar-refractivity contribution is 6.30. The molecule has 0 unspecified atom stereocenters. The maximum atomic E-state index is 13.0. The van der Waals surface area contributed by atoms with Crippen LogP contribution in [-0.4, -0.2) is 51.8 Å². The average Bonchev–Trinajstić information content (AvgIpc) is 3.09. The van der Waals surface area contributed by atoms with Crippen LogP contribution < -0.4 is 5.56 Å². The number of aryl methyl sites for hydroxylation is 1. The van der Waals surface area contributed by atoms with Crippen molar-refractivity contribution in [2.75, 3.05) is 27.7 Å². The highest BCUT2D eigenvalue weighted by Gasteiger charge is 2.18. The van der Waals surface area contributed by atoms with Crippen molar-refractivity contribution >= 4 is 28.2 Å². The largest absolute Gasteiger partial charge is 0.378 e. The van der Waals surface area contributed by atoms with Crippen molar-refractivity contribution in [3.8, 4) is 11.1 Å². The maximum Gasteiger partial charge on any atom is 0.261 e. The molecule has 3 heterocycles. The van der Waals surface area contributed by atoms with Gasteiger partial charge in [-0.3, -0.25) is 4.79 Å². The zero-order valence-corrected chi connectivity index (χ0v) is 18.1. The van der Waals surface area contributed by atoms with Crippen molar-refractivity contribution in [2.24, 2.45) is 0 Å². The highest BCUT2D eigenvalue weighted by atomic mass is 35.5. The predicted molar refractivity (Wildman–Crippen MR) is 119 cm³/mol. The molecule has 0 radical (unpaired) electrons. The lowest BCUT2D eigenvalue weighted by Crippen LogP contribution is -2.23. The number of halogens is 1. The van der Waals surface area contributed by atoms with Crippen molar-refractivity contribution < 1.29 is 4.74 Å². The Morgan fingerprint density at radius 1 is 1.17 bits per heavy atom. The molecule has 0 spiro atoms. The summed E-state index contributed by atoms with van der Waals surface area (Å²) in [4.78, 5) is 19.7. The second-order valence-electron chi connectivity index (χ2n) is 7.53. The fourth-order valence-corrected chi connectivity index (χ4v) is 3.76. The van der Waals surface area contributed by atoms with Crippen LogP contribution in [0.5, 0.6) is 0 Å². The van der Waals surface area contributed by atoms with E-state index in [1.165, 1.54) is 0 Å². The normalized spacial score (nSPS) is 11.8. The molecule has 156 valence electrons. The summed E-state index contributed by atoms with van der Waals surface area (Å²) in [5.41, 5.74) is 3.94. The van der Waals surface area contributed by atoms with Crippen LogP contribution in [0.4, 0.5) is 0 Å². The van der Waals surface area contributed by atoms with Crippen LogP contribution in [-0.2, 0) is 17.9 Å². The summed E-state index contributed by atoms with van der Waals surface area (Å²) in [5, 5.41) is 5.94. The van der Waals surface area contributed by atoms with Crippen LogP contribution in [0.25, 0.3) is 27.7 Å². The molecule has 0 amide bonds. The van der Waals surface area contributed by atoms with Gasteiger partial charge in [-0.25, -0.2) is 9.50 Å². The molecule has 7 nitrogen and oxygen atoms in total. The van der Waals surface area contributed by atoms with E-state index in [1.807, 2.05) is 50.6 Å². The van der Waals surface area contributed by atoms with Crippen molar-refractivity contribution in [3.05, 3.63) is 63.8 Å². The molecule has 30 heavy (non-hydrogen) atoms. The number of methoxy groups -OCH3 is 1. The Balaban J connectivity index is 1.86. The zero-order valence-electron chi connectivity index (χ0n) is 17.3. The van der Waals surface area contributed by atoms with E-state index in [-0.39, 0.29) is 5.56 Å². The Bertz CT molecular complexity index is 1240. The third-order valence-corrected chi connectivity index (χ3v) is 5.33. The quantitative estimate of drug-likeness (QED) is 0.453. The van der Waals surface area contributed by atoms with Gasteiger partial charge in [0.15, 0.2) is 5.65 Å². The van der Waals surface area contributed by atoms with E-state index < -0.39 is 0 Å². The summed E-state index contributed by atoms with van der Waals surface area (Å²) >= 11 is 6.06. The number of hydrogen-bond acceptors (Lipinski definition) is 5. The average molecular weight is 426 g/mol. The molecule has 1 aromatic carbocycles. The standard InChI is InChI=1S/C22H24ClN5O2/c1-26(2)10-4-11-27-12-9-19-17(22(27)29)13-24-21-20(15-5-7-16(23)8-6-15)18(14-30-3)25-28(19)21/h5-9,12-13H,4,10-11,14H2,1-3H3. The first-order valence-corrected chi connectivity index (χ1v) is 10.2. The topological polar surface area (TPSA) is 64.7 Å². The zero-order chi connectivity index (χ0) is 21.3. The minimum Gasteiger partial charge on any atom is -0.378 e. The Morgan fingerprint density at radius 3 is 2.63 bits per heavy atom. The molecule has 0 bridgehead atoms. The first-order chi connectivity index (χ1) is 14.5. The third kappa shape index (κ3) is 3.84. The van der Waals surface area contributed by atoms with Crippen molar-refractivity contribution in [1.82, 2.24) is 24.1 Å². The van der Waals surface area contributed by atoms with Gasteiger partial charge in [0.1, 0.15) is 0 Å². The molecule has 4 rings (SSSR count). The molecule has 0 aliphatic carbocycles. The number of aromatic nitrogens is 4. The summed E-state index contributed by atoms with van der Waals surface area (Å²) in [6.07, 6.45) is 4.38. The van der Waals surface area contributed by atoms with Crippen molar-refractivity contribution in [2.45, 2.75) is 19.6 Å². The van der Waals surface area contributed by atoms with Gasteiger partial charge in [-0.05, 0) is 50.8 Å². The number of fused-ring (bicyclic) bond motifs is 3. The Kier molecular flexibility index (Phi) is 5.85. The predicted octanol–water partition coefficient (Wildman–Crippen LogP) is 3.46. The molecule has 0 aliphatic rings. The van der Waals surface area contributed by atoms with Crippen LogP contribution in [0.1, 0.15) is 12.1 Å². The number of ether oxygens (including phenoxy) is 1. The molecule has 0 N–H and O–H groups in total. The van der Waals surface area contributed by atoms with Gasteiger partial charge in [0, 0.05) is 31.1 Å². The number of nitrogens with zero attached hydrogens (tertiary/aromatic N) is 5. The van der Waals surface area contributed by atoms with Gasteiger partial charge in [0.25, 0.3) is 5.56 Å². The number of pyridine rings is 1. The Labute approximate surface area is 179 Å². The van der Waals surface area contributed by atoms with Gasteiger partial charge in [0.2, 0.25) is 0 Å². The van der Waals surface area contributed by atoms with Gasteiger partial charge in [-0.15, -0.1) is 0 Å². The lowest BCUT2D eigenvalue weighted by Gasteiger charge is -2.11. The first-order valence-electron chi connectivity index (χ1n) is 9.79. The van der Waals surface area contributed by atoms with Crippen molar-refractivity contribution in [3.63, 3.8) is 0 Å². The van der Waals surface area contributed by atoms with Gasteiger partial charge >= 0.3 is 0 Å². The summed E-state index contributed by atoms with van der Waals surface area (Å²) in [6.45, 7) is 1.92. The van der Waals surface area contributed by atoms with Crippen LogP contribution in [0.15, 0.2) is 47.5 Å². The lowest BCUT2D eigenvalue weighted by atomic mass is 10.1. The number of hydrogen-bond donors (Lipinski definition) is 0. The van der Waals surface area contributed by atoms with E-state index >= 15 is 0 Å².